The standard InChI is InChI=1S/C11H11N2/c1-3-8-4-2-6-10-11(8)9(5-1)12-7-13-10/h1-3,5-7,10,12-13H,4H2. The molecule has 13 heavy (non-hydrogen) atoms. The van der Waals surface area contributed by atoms with Gasteiger partial charge in [-0.2, -0.15) is 0 Å². The first kappa shape index (κ1) is 7.15. The average molecular weight is 171 g/mol. The quantitative estimate of drug-likeness (QED) is 0.583. The fraction of sp³-hybridized carbons (Fsp3) is 0.182. The van der Waals surface area contributed by atoms with Crippen molar-refractivity contribution in [3.8, 4) is 0 Å². The molecule has 2 nitrogen and oxygen atoms in total. The lowest BCUT2D eigenvalue weighted by Gasteiger charge is -2.29. The van der Waals surface area contributed by atoms with E-state index in [1.807, 2.05) is 6.67 Å². The molecule has 1 aromatic carbocycles. The maximum absolute atomic E-state index is 3.29. The van der Waals surface area contributed by atoms with Crippen LogP contribution in [0.25, 0.3) is 0 Å². The highest BCUT2D eigenvalue weighted by molar-refractivity contribution is 5.61. The first-order chi connectivity index (χ1) is 6.45. The van der Waals surface area contributed by atoms with Crippen molar-refractivity contribution in [2.24, 2.45) is 0 Å². The summed E-state index contributed by atoms with van der Waals surface area (Å²) in [7, 11) is 0. The van der Waals surface area contributed by atoms with Crippen LogP contribution in [0, 0.1) is 6.67 Å². The second-order valence-electron chi connectivity index (χ2n) is 3.44. The molecular formula is C11H11N2. The van der Waals surface area contributed by atoms with Gasteiger partial charge < -0.3 is 5.32 Å². The highest BCUT2D eigenvalue weighted by atomic mass is 15.1. The molecular weight excluding hydrogens is 160 g/mol. The Hall–Kier alpha value is -1.28. The monoisotopic (exact) mass is 171 g/mol. The summed E-state index contributed by atoms with van der Waals surface area (Å²) < 4.78 is 0. The molecule has 1 unspecified atom stereocenters. The molecule has 2 N–H and O–H groups in total. The molecule has 0 amide bonds. The van der Waals surface area contributed by atoms with Gasteiger partial charge in [0, 0.05) is 5.69 Å². The lowest BCUT2D eigenvalue weighted by Crippen LogP contribution is -2.29. The molecule has 3 rings (SSSR count). The van der Waals surface area contributed by atoms with Crippen molar-refractivity contribution in [1.29, 1.82) is 0 Å². The Morgan fingerprint density at radius 3 is 3.31 bits per heavy atom. The summed E-state index contributed by atoms with van der Waals surface area (Å²) in [5.41, 5.74) is 4.08. The van der Waals surface area contributed by atoms with Gasteiger partial charge in [-0.3, -0.25) is 5.32 Å². The van der Waals surface area contributed by atoms with Crippen LogP contribution in [0.2, 0.25) is 0 Å². The van der Waals surface area contributed by atoms with E-state index in [1.165, 1.54) is 16.8 Å². The second kappa shape index (κ2) is 2.60. The first-order valence-electron chi connectivity index (χ1n) is 4.58. The van der Waals surface area contributed by atoms with E-state index in [1.54, 1.807) is 0 Å². The zero-order valence-electron chi connectivity index (χ0n) is 7.25. The maximum Gasteiger partial charge on any atom is 0.112 e. The van der Waals surface area contributed by atoms with Crippen LogP contribution in [0.5, 0.6) is 0 Å². The van der Waals surface area contributed by atoms with Crippen molar-refractivity contribution in [2.45, 2.75) is 12.5 Å². The number of hydrogen-bond donors (Lipinski definition) is 2. The Bertz CT molecular complexity index is 368. The Morgan fingerprint density at radius 2 is 2.31 bits per heavy atom. The third-order valence-electron chi connectivity index (χ3n) is 2.66. The lowest BCUT2D eigenvalue weighted by molar-refractivity contribution is 0.675. The summed E-state index contributed by atoms with van der Waals surface area (Å²) in [6.07, 6.45) is 5.51. The van der Waals surface area contributed by atoms with Crippen LogP contribution < -0.4 is 10.6 Å². The molecule has 1 atom stereocenters. The number of rotatable bonds is 0. The molecule has 1 heterocycles. The van der Waals surface area contributed by atoms with E-state index in [0.717, 1.165) is 6.42 Å². The third-order valence-corrected chi connectivity index (χ3v) is 2.66. The molecule has 0 spiro atoms. The van der Waals surface area contributed by atoms with E-state index in [9.17, 15) is 0 Å². The van der Waals surface area contributed by atoms with E-state index >= 15 is 0 Å². The number of hydrogen-bond acceptors (Lipinski definition) is 2. The highest BCUT2D eigenvalue weighted by Gasteiger charge is 2.22. The van der Waals surface area contributed by atoms with Crippen LogP contribution in [0.4, 0.5) is 5.69 Å². The second-order valence-corrected chi connectivity index (χ2v) is 3.44. The van der Waals surface area contributed by atoms with Crippen molar-refractivity contribution < 1.29 is 0 Å². The van der Waals surface area contributed by atoms with E-state index in [4.69, 9.17) is 0 Å². The van der Waals surface area contributed by atoms with E-state index in [0.29, 0.717) is 6.04 Å². The van der Waals surface area contributed by atoms with Gasteiger partial charge in [0.25, 0.3) is 0 Å². The molecule has 2 aliphatic rings. The maximum atomic E-state index is 3.29. The van der Waals surface area contributed by atoms with Crippen LogP contribution in [-0.4, -0.2) is 0 Å². The van der Waals surface area contributed by atoms with Crippen molar-refractivity contribution in [3.63, 3.8) is 0 Å². The average Bonchev–Trinajstić information content (AvgIpc) is 2.19. The smallest absolute Gasteiger partial charge is 0.112 e. The number of nitrogens with one attached hydrogen (secondary N) is 2. The van der Waals surface area contributed by atoms with Gasteiger partial charge in [-0.05, 0) is 23.6 Å². The molecule has 65 valence electrons. The van der Waals surface area contributed by atoms with E-state index in [-0.39, 0.29) is 0 Å². The minimum atomic E-state index is 0.376. The van der Waals surface area contributed by atoms with Gasteiger partial charge in [0.05, 0.1) is 6.04 Å². The fourth-order valence-corrected chi connectivity index (χ4v) is 2.06. The summed E-state index contributed by atoms with van der Waals surface area (Å²) in [6.45, 7) is 1.91. The summed E-state index contributed by atoms with van der Waals surface area (Å²) in [5, 5.41) is 6.53. The SMILES string of the molecule is [CH]1Nc2cccc3c2C(C=CC3)N1. The largest absolute Gasteiger partial charge is 0.367 e. The fourth-order valence-electron chi connectivity index (χ4n) is 2.06. The molecule has 1 aromatic rings. The zero-order valence-corrected chi connectivity index (χ0v) is 7.25. The number of benzene rings is 1. The summed E-state index contributed by atoms with van der Waals surface area (Å²) >= 11 is 0. The molecule has 2 heteroatoms. The molecule has 1 aliphatic heterocycles. The van der Waals surface area contributed by atoms with E-state index in [2.05, 4.69) is 41.0 Å². The van der Waals surface area contributed by atoms with Crippen molar-refractivity contribution in [3.05, 3.63) is 48.1 Å². The molecule has 1 radical (unpaired) electrons. The van der Waals surface area contributed by atoms with Gasteiger partial charge in [0.1, 0.15) is 6.67 Å². The summed E-state index contributed by atoms with van der Waals surface area (Å²) in [5.74, 6) is 0. The Kier molecular flexibility index (Phi) is 1.43. The first-order valence-corrected chi connectivity index (χ1v) is 4.58. The topological polar surface area (TPSA) is 24.1 Å². The van der Waals surface area contributed by atoms with E-state index < -0.39 is 0 Å². The number of allylic oxidation sites excluding steroid dienone is 1. The predicted molar refractivity (Wildman–Crippen MR) is 53.1 cm³/mol. The molecule has 0 fully saturated rings. The van der Waals surface area contributed by atoms with Crippen LogP contribution in [-0.2, 0) is 6.42 Å². The Morgan fingerprint density at radius 1 is 1.31 bits per heavy atom. The lowest BCUT2D eigenvalue weighted by atomic mass is 9.90. The molecule has 0 bridgehead atoms. The van der Waals surface area contributed by atoms with Gasteiger partial charge in [-0.25, -0.2) is 0 Å². The molecule has 0 saturated heterocycles. The molecule has 0 aromatic heterocycles. The third kappa shape index (κ3) is 0.988. The van der Waals surface area contributed by atoms with Crippen LogP contribution in [0.15, 0.2) is 30.4 Å². The Labute approximate surface area is 77.7 Å². The van der Waals surface area contributed by atoms with Crippen LogP contribution in [0.1, 0.15) is 17.2 Å². The van der Waals surface area contributed by atoms with Crippen molar-refractivity contribution in [1.82, 2.24) is 5.32 Å². The molecule has 0 saturated carbocycles. The number of anilines is 1. The van der Waals surface area contributed by atoms with Crippen molar-refractivity contribution >= 4 is 5.69 Å². The zero-order chi connectivity index (χ0) is 8.67. The van der Waals surface area contributed by atoms with Crippen LogP contribution in [0.3, 0.4) is 0 Å². The van der Waals surface area contributed by atoms with Gasteiger partial charge in [0.2, 0.25) is 0 Å². The minimum absolute atomic E-state index is 0.376. The van der Waals surface area contributed by atoms with Crippen molar-refractivity contribution in [2.75, 3.05) is 5.32 Å². The summed E-state index contributed by atoms with van der Waals surface area (Å²) in [6, 6.07) is 6.81. The normalized spacial score (nSPS) is 23.5. The molecule has 1 aliphatic carbocycles. The van der Waals surface area contributed by atoms with Gasteiger partial charge in [0.15, 0.2) is 0 Å². The van der Waals surface area contributed by atoms with Gasteiger partial charge in [-0.1, -0.05) is 24.3 Å². The summed E-state index contributed by atoms with van der Waals surface area (Å²) in [4.78, 5) is 0. The predicted octanol–water partition coefficient (Wildman–Crippen LogP) is 1.97. The minimum Gasteiger partial charge on any atom is -0.367 e. The highest BCUT2D eigenvalue weighted by Crippen LogP contribution is 2.34. The van der Waals surface area contributed by atoms with Gasteiger partial charge >= 0.3 is 0 Å². The Balaban J connectivity index is 2.22. The van der Waals surface area contributed by atoms with Gasteiger partial charge in [-0.15, -0.1) is 0 Å². The van der Waals surface area contributed by atoms with Crippen LogP contribution >= 0.6 is 0 Å².